The number of rotatable bonds is 5. The van der Waals surface area contributed by atoms with Gasteiger partial charge in [0.15, 0.2) is 0 Å². The number of hydrogen-bond donors (Lipinski definition) is 0. The van der Waals surface area contributed by atoms with Crippen LogP contribution >= 0.6 is 11.3 Å². The lowest BCUT2D eigenvalue weighted by Gasteiger charge is -2.24. The Kier molecular flexibility index (Phi) is 5.16. The molecule has 0 aliphatic carbocycles. The molecule has 0 spiro atoms. The van der Waals surface area contributed by atoms with Crippen molar-refractivity contribution in [1.82, 2.24) is 19.2 Å². The molecule has 1 atom stereocenters. The van der Waals surface area contributed by atoms with E-state index in [1.54, 1.807) is 24.7 Å². The number of hydrogen-bond acceptors (Lipinski definition) is 6. The molecule has 2 aromatic rings. The van der Waals surface area contributed by atoms with Crippen molar-refractivity contribution in [2.75, 3.05) is 20.1 Å². The van der Waals surface area contributed by atoms with E-state index in [1.807, 2.05) is 6.92 Å². The highest BCUT2D eigenvalue weighted by Gasteiger charge is 2.33. The van der Waals surface area contributed by atoms with Gasteiger partial charge < -0.3 is 4.90 Å². The van der Waals surface area contributed by atoms with E-state index in [1.165, 1.54) is 21.6 Å². The van der Waals surface area contributed by atoms with Crippen LogP contribution < -0.4 is 0 Å². The first-order valence-electron chi connectivity index (χ1n) is 8.03. The molecule has 25 heavy (non-hydrogen) atoms. The number of aromatic nitrogens is 2. The first-order chi connectivity index (χ1) is 11.9. The summed E-state index contributed by atoms with van der Waals surface area (Å²) in [5, 5.41) is 1.65. The van der Waals surface area contributed by atoms with Crippen LogP contribution in [0, 0.1) is 0 Å². The molecule has 0 saturated carbocycles. The Hall–Kier alpha value is -1.84. The zero-order valence-electron chi connectivity index (χ0n) is 14.1. The van der Waals surface area contributed by atoms with E-state index in [9.17, 15) is 13.2 Å². The van der Waals surface area contributed by atoms with Crippen molar-refractivity contribution in [3.63, 3.8) is 0 Å². The topological polar surface area (TPSA) is 83.5 Å². The Morgan fingerprint density at radius 3 is 2.68 bits per heavy atom. The first kappa shape index (κ1) is 18.0. The largest absolute Gasteiger partial charge is 0.333 e. The van der Waals surface area contributed by atoms with Crippen LogP contribution in [0.4, 0.5) is 0 Å². The summed E-state index contributed by atoms with van der Waals surface area (Å²) in [7, 11) is -1.97. The highest BCUT2D eigenvalue weighted by atomic mass is 32.2. The van der Waals surface area contributed by atoms with Crippen molar-refractivity contribution in [1.29, 1.82) is 0 Å². The third kappa shape index (κ3) is 3.44. The maximum absolute atomic E-state index is 12.9. The fraction of sp³-hybridized carbons (Fsp3) is 0.438. The monoisotopic (exact) mass is 380 g/mol. The van der Waals surface area contributed by atoms with Crippen LogP contribution in [0.5, 0.6) is 0 Å². The molecule has 1 amide bonds. The molecule has 134 valence electrons. The maximum Gasteiger partial charge on any atom is 0.265 e. The Morgan fingerprint density at radius 2 is 2.04 bits per heavy atom. The molecule has 1 aliphatic heterocycles. The van der Waals surface area contributed by atoms with Gasteiger partial charge in [-0.25, -0.2) is 18.4 Å². The second-order valence-electron chi connectivity index (χ2n) is 5.95. The number of carbonyl (C=O) groups is 1. The van der Waals surface area contributed by atoms with E-state index in [2.05, 4.69) is 9.97 Å². The Labute approximate surface area is 151 Å². The van der Waals surface area contributed by atoms with Crippen LogP contribution in [0.25, 0.3) is 0 Å². The summed E-state index contributed by atoms with van der Waals surface area (Å²) in [5.74, 6) is -0.320. The fourth-order valence-electron chi connectivity index (χ4n) is 2.81. The minimum atomic E-state index is -3.62. The van der Waals surface area contributed by atoms with E-state index < -0.39 is 10.0 Å². The van der Waals surface area contributed by atoms with Crippen molar-refractivity contribution >= 4 is 27.3 Å². The molecule has 0 unspecified atom stereocenters. The number of thiophene rings is 1. The lowest BCUT2D eigenvalue weighted by molar-refractivity contribution is 0.0741. The third-order valence-electron chi connectivity index (χ3n) is 4.44. The van der Waals surface area contributed by atoms with Crippen LogP contribution in [0.15, 0.2) is 34.9 Å². The van der Waals surface area contributed by atoms with Crippen molar-refractivity contribution in [3.05, 3.63) is 40.6 Å². The van der Waals surface area contributed by atoms with E-state index in [0.29, 0.717) is 18.8 Å². The molecule has 2 aromatic heterocycles. The molecule has 1 fully saturated rings. The molecule has 3 rings (SSSR count). The number of amides is 1. The summed E-state index contributed by atoms with van der Waals surface area (Å²) < 4.78 is 27.1. The van der Waals surface area contributed by atoms with Gasteiger partial charge in [-0.3, -0.25) is 4.79 Å². The first-order valence-corrected chi connectivity index (χ1v) is 10.4. The van der Waals surface area contributed by atoms with Gasteiger partial charge in [0.1, 0.15) is 16.1 Å². The summed E-state index contributed by atoms with van der Waals surface area (Å²) in [6.45, 7) is 2.88. The molecule has 1 saturated heterocycles. The van der Waals surface area contributed by atoms with Gasteiger partial charge in [0.25, 0.3) is 5.91 Å². The number of sulfonamides is 1. The second kappa shape index (κ2) is 7.19. The van der Waals surface area contributed by atoms with Crippen molar-refractivity contribution in [3.8, 4) is 0 Å². The molecular weight excluding hydrogens is 360 g/mol. The molecule has 0 bridgehead atoms. The lowest BCUT2D eigenvalue weighted by atomic mass is 10.2. The lowest BCUT2D eigenvalue weighted by Crippen LogP contribution is -2.33. The summed E-state index contributed by atoms with van der Waals surface area (Å²) in [5.41, 5.74) is 0.700. The zero-order chi connectivity index (χ0) is 18.0. The zero-order valence-corrected chi connectivity index (χ0v) is 15.8. The quantitative estimate of drug-likeness (QED) is 0.794. The van der Waals surface area contributed by atoms with Crippen LogP contribution in [-0.2, 0) is 10.0 Å². The highest BCUT2D eigenvalue weighted by molar-refractivity contribution is 7.89. The van der Waals surface area contributed by atoms with E-state index in [0.717, 1.165) is 24.2 Å². The smallest absolute Gasteiger partial charge is 0.265 e. The summed E-state index contributed by atoms with van der Waals surface area (Å²) in [6.07, 6.45) is 4.76. The molecule has 0 aromatic carbocycles. The van der Waals surface area contributed by atoms with Crippen molar-refractivity contribution in [2.24, 2.45) is 0 Å². The number of nitrogens with zero attached hydrogens (tertiary/aromatic N) is 4. The van der Waals surface area contributed by atoms with Crippen LogP contribution in [0.2, 0.25) is 0 Å². The van der Waals surface area contributed by atoms with Crippen molar-refractivity contribution in [2.45, 2.75) is 30.7 Å². The normalized spacial score (nSPS) is 16.7. The number of carbonyl (C=O) groups excluding carboxylic acids is 1. The molecule has 9 heteroatoms. The van der Waals surface area contributed by atoms with Crippen molar-refractivity contribution < 1.29 is 13.2 Å². The molecule has 3 heterocycles. The van der Waals surface area contributed by atoms with E-state index in [4.69, 9.17) is 0 Å². The van der Waals surface area contributed by atoms with Gasteiger partial charge in [-0.15, -0.1) is 11.3 Å². The Morgan fingerprint density at radius 1 is 1.32 bits per heavy atom. The van der Waals surface area contributed by atoms with E-state index in [-0.39, 0.29) is 21.7 Å². The average molecular weight is 380 g/mol. The SMILES string of the molecule is C[C@H](c1ccncn1)N(C)C(=O)c1sccc1S(=O)(=O)N1CCCC1. The highest BCUT2D eigenvalue weighted by Crippen LogP contribution is 2.30. The molecule has 1 aliphatic rings. The van der Waals surface area contributed by atoms with Crippen LogP contribution in [0.1, 0.15) is 41.2 Å². The van der Waals surface area contributed by atoms with Gasteiger partial charge in [0.05, 0.1) is 11.7 Å². The van der Waals surface area contributed by atoms with Gasteiger partial charge in [-0.2, -0.15) is 4.31 Å². The predicted molar refractivity (Wildman–Crippen MR) is 94.9 cm³/mol. The Bertz CT molecular complexity index is 845. The van der Waals surface area contributed by atoms with Crippen LogP contribution in [0.3, 0.4) is 0 Å². The van der Waals surface area contributed by atoms with Gasteiger partial charge in [0.2, 0.25) is 10.0 Å². The summed E-state index contributed by atoms with van der Waals surface area (Å²) in [6, 6.07) is 2.97. The van der Waals surface area contributed by atoms with Gasteiger partial charge >= 0.3 is 0 Å². The maximum atomic E-state index is 12.9. The molecule has 0 radical (unpaired) electrons. The summed E-state index contributed by atoms with van der Waals surface area (Å²) in [4.78, 5) is 22.8. The molecule has 7 nitrogen and oxygen atoms in total. The average Bonchev–Trinajstić information content (AvgIpc) is 3.32. The standard InChI is InChI=1S/C16H20N4O3S2/c1-12(13-5-7-17-11-18-13)19(2)16(21)15-14(6-10-24-15)25(22,23)20-8-3-4-9-20/h5-7,10-12H,3-4,8-9H2,1-2H3/t12-/m1/s1. The summed E-state index contributed by atoms with van der Waals surface area (Å²) >= 11 is 1.15. The van der Waals surface area contributed by atoms with E-state index >= 15 is 0 Å². The Balaban J connectivity index is 1.88. The minimum Gasteiger partial charge on any atom is -0.333 e. The second-order valence-corrected chi connectivity index (χ2v) is 8.77. The molecule has 0 N–H and O–H groups in total. The predicted octanol–water partition coefficient (Wildman–Crippen LogP) is 2.16. The van der Waals surface area contributed by atoms with Gasteiger partial charge in [0, 0.05) is 26.3 Å². The van der Waals surface area contributed by atoms with Gasteiger partial charge in [-0.05, 0) is 37.3 Å². The third-order valence-corrected chi connectivity index (χ3v) is 7.41. The minimum absolute atomic E-state index is 0.103. The van der Waals surface area contributed by atoms with Gasteiger partial charge in [-0.1, -0.05) is 0 Å². The molecular formula is C16H20N4O3S2. The van der Waals surface area contributed by atoms with Crippen LogP contribution in [-0.4, -0.2) is 53.6 Å². The fourth-order valence-corrected chi connectivity index (χ4v) is 5.70.